The van der Waals surface area contributed by atoms with Crippen molar-refractivity contribution < 1.29 is 14.3 Å². The Hall–Kier alpha value is -2.92. The predicted molar refractivity (Wildman–Crippen MR) is 89.5 cm³/mol. The molecule has 1 heterocycles. The first kappa shape index (κ1) is 16.0. The van der Waals surface area contributed by atoms with E-state index in [-0.39, 0.29) is 18.0 Å². The molecule has 3 rings (SSSR count). The molecule has 0 aliphatic carbocycles. The van der Waals surface area contributed by atoms with Crippen LogP contribution in [0.5, 0.6) is 0 Å². The number of aromatic nitrogens is 1. The van der Waals surface area contributed by atoms with E-state index < -0.39 is 11.9 Å². The van der Waals surface area contributed by atoms with Crippen LogP contribution in [0.4, 0.5) is 4.39 Å². The van der Waals surface area contributed by atoms with Gasteiger partial charge in [0.05, 0.1) is 6.10 Å². The van der Waals surface area contributed by atoms with Gasteiger partial charge in [0, 0.05) is 35.8 Å². The van der Waals surface area contributed by atoms with Crippen molar-refractivity contribution in [2.24, 2.45) is 0 Å². The van der Waals surface area contributed by atoms with Gasteiger partial charge in [0.2, 0.25) is 0 Å². The first-order valence-electron chi connectivity index (χ1n) is 7.59. The lowest BCUT2D eigenvalue weighted by Gasteiger charge is -2.13. The first-order chi connectivity index (χ1) is 11.6. The van der Waals surface area contributed by atoms with Gasteiger partial charge >= 0.3 is 0 Å². The second-order valence-electron chi connectivity index (χ2n) is 5.38. The Labute approximate surface area is 139 Å². The summed E-state index contributed by atoms with van der Waals surface area (Å²) < 4.78 is 15.5. The Bertz CT molecular complexity index is 814. The summed E-state index contributed by atoms with van der Waals surface area (Å²) in [5.74, 6) is -0.806. The first-order valence-corrected chi connectivity index (χ1v) is 7.59. The Morgan fingerprint density at radius 2 is 1.71 bits per heavy atom. The standard InChI is InChI=1S/C19H17FN2O2/c20-17-6-2-1-5-16(17)18(23)13-21-19(24)14-7-9-15(10-8-14)22-11-3-4-12-22/h1-12,18,23H,13H2,(H,21,24). The Kier molecular flexibility index (Phi) is 4.72. The third-order valence-corrected chi connectivity index (χ3v) is 3.75. The highest BCUT2D eigenvalue weighted by Gasteiger charge is 2.14. The van der Waals surface area contributed by atoms with E-state index in [1.54, 1.807) is 24.3 Å². The molecule has 2 N–H and O–H groups in total. The fourth-order valence-corrected chi connectivity index (χ4v) is 2.44. The quantitative estimate of drug-likeness (QED) is 0.758. The third kappa shape index (κ3) is 3.52. The summed E-state index contributed by atoms with van der Waals surface area (Å²) in [5, 5.41) is 12.6. The lowest BCUT2D eigenvalue weighted by atomic mass is 10.1. The number of hydrogen-bond donors (Lipinski definition) is 2. The number of halogens is 1. The van der Waals surface area contributed by atoms with E-state index in [0.717, 1.165) is 5.69 Å². The molecule has 0 saturated carbocycles. The highest BCUT2D eigenvalue weighted by Crippen LogP contribution is 2.16. The maximum absolute atomic E-state index is 13.6. The molecule has 2 aromatic carbocycles. The summed E-state index contributed by atoms with van der Waals surface area (Å²) >= 11 is 0. The van der Waals surface area contributed by atoms with Crippen LogP contribution in [-0.2, 0) is 0 Å². The molecule has 1 amide bonds. The number of amides is 1. The maximum Gasteiger partial charge on any atom is 0.251 e. The van der Waals surface area contributed by atoms with Crippen molar-refractivity contribution >= 4 is 5.91 Å². The van der Waals surface area contributed by atoms with E-state index in [1.165, 1.54) is 12.1 Å². The number of benzene rings is 2. The number of aliphatic hydroxyl groups excluding tert-OH is 1. The zero-order valence-corrected chi connectivity index (χ0v) is 12.9. The van der Waals surface area contributed by atoms with E-state index in [4.69, 9.17) is 0 Å². The molecule has 3 aromatic rings. The summed E-state index contributed by atoms with van der Waals surface area (Å²) in [6.07, 6.45) is 2.74. The van der Waals surface area contributed by atoms with Gasteiger partial charge in [-0.1, -0.05) is 18.2 Å². The van der Waals surface area contributed by atoms with Gasteiger partial charge in [-0.15, -0.1) is 0 Å². The third-order valence-electron chi connectivity index (χ3n) is 3.75. The molecule has 122 valence electrons. The number of carbonyl (C=O) groups excluding carboxylic acids is 1. The highest BCUT2D eigenvalue weighted by atomic mass is 19.1. The summed E-state index contributed by atoms with van der Waals surface area (Å²) in [6.45, 7) is -0.0564. The van der Waals surface area contributed by atoms with Gasteiger partial charge in [0.1, 0.15) is 5.82 Å². The smallest absolute Gasteiger partial charge is 0.251 e. The zero-order chi connectivity index (χ0) is 16.9. The normalized spacial score (nSPS) is 11.9. The van der Waals surface area contributed by atoms with Crippen molar-refractivity contribution in [3.8, 4) is 5.69 Å². The molecule has 1 aromatic heterocycles. The molecule has 5 heteroatoms. The number of rotatable bonds is 5. The van der Waals surface area contributed by atoms with Crippen LogP contribution in [0.15, 0.2) is 73.1 Å². The van der Waals surface area contributed by atoms with Crippen molar-refractivity contribution in [3.63, 3.8) is 0 Å². The topological polar surface area (TPSA) is 54.3 Å². The molecule has 0 saturated heterocycles. The molecule has 24 heavy (non-hydrogen) atoms. The van der Waals surface area contributed by atoms with Crippen molar-refractivity contribution in [3.05, 3.63) is 90.0 Å². The molecular formula is C19H17FN2O2. The monoisotopic (exact) mass is 324 g/mol. The zero-order valence-electron chi connectivity index (χ0n) is 12.9. The van der Waals surface area contributed by atoms with Crippen LogP contribution in [0.2, 0.25) is 0 Å². The lowest BCUT2D eigenvalue weighted by Crippen LogP contribution is -2.28. The lowest BCUT2D eigenvalue weighted by molar-refractivity contribution is 0.0914. The van der Waals surface area contributed by atoms with Gasteiger partial charge in [-0.3, -0.25) is 4.79 Å². The van der Waals surface area contributed by atoms with E-state index in [2.05, 4.69) is 5.32 Å². The van der Waals surface area contributed by atoms with Gasteiger partial charge in [-0.2, -0.15) is 0 Å². The van der Waals surface area contributed by atoms with Gasteiger partial charge in [0.15, 0.2) is 0 Å². The highest BCUT2D eigenvalue weighted by molar-refractivity contribution is 5.94. The Balaban J connectivity index is 1.62. The summed E-state index contributed by atoms with van der Waals surface area (Å²) in [6, 6.07) is 16.9. The number of aliphatic hydroxyl groups is 1. The molecule has 0 fully saturated rings. The van der Waals surface area contributed by atoms with Crippen molar-refractivity contribution in [1.29, 1.82) is 0 Å². The number of carbonyl (C=O) groups is 1. The minimum absolute atomic E-state index is 0.0564. The second-order valence-corrected chi connectivity index (χ2v) is 5.38. The Morgan fingerprint density at radius 3 is 2.38 bits per heavy atom. The molecular weight excluding hydrogens is 307 g/mol. The molecule has 0 aliphatic heterocycles. The number of nitrogens with one attached hydrogen (secondary N) is 1. The molecule has 0 bridgehead atoms. The maximum atomic E-state index is 13.6. The molecule has 4 nitrogen and oxygen atoms in total. The van der Waals surface area contributed by atoms with Crippen LogP contribution in [0.25, 0.3) is 5.69 Å². The SMILES string of the molecule is O=C(NCC(O)c1ccccc1F)c1ccc(-n2cccc2)cc1. The van der Waals surface area contributed by atoms with E-state index in [1.807, 2.05) is 41.2 Å². The molecule has 0 spiro atoms. The van der Waals surface area contributed by atoms with Crippen molar-refractivity contribution in [2.75, 3.05) is 6.54 Å². The molecule has 0 radical (unpaired) electrons. The fraction of sp³-hybridized carbons (Fsp3) is 0.105. The van der Waals surface area contributed by atoms with E-state index in [9.17, 15) is 14.3 Å². The Morgan fingerprint density at radius 1 is 1.04 bits per heavy atom. The van der Waals surface area contributed by atoms with Crippen LogP contribution >= 0.6 is 0 Å². The number of hydrogen-bond acceptors (Lipinski definition) is 2. The average molecular weight is 324 g/mol. The summed E-state index contributed by atoms with van der Waals surface area (Å²) in [4.78, 5) is 12.1. The van der Waals surface area contributed by atoms with Gasteiger partial charge in [0.25, 0.3) is 5.91 Å². The minimum Gasteiger partial charge on any atom is -0.386 e. The molecule has 0 aliphatic rings. The summed E-state index contributed by atoms with van der Waals surface area (Å²) in [5.41, 5.74) is 1.59. The van der Waals surface area contributed by atoms with Crippen LogP contribution in [0.1, 0.15) is 22.0 Å². The van der Waals surface area contributed by atoms with Gasteiger partial charge < -0.3 is 15.0 Å². The van der Waals surface area contributed by atoms with E-state index >= 15 is 0 Å². The largest absolute Gasteiger partial charge is 0.386 e. The van der Waals surface area contributed by atoms with Crippen LogP contribution in [0.3, 0.4) is 0 Å². The number of nitrogens with zero attached hydrogens (tertiary/aromatic N) is 1. The van der Waals surface area contributed by atoms with Crippen molar-refractivity contribution in [2.45, 2.75) is 6.10 Å². The second kappa shape index (κ2) is 7.10. The fourth-order valence-electron chi connectivity index (χ4n) is 2.44. The summed E-state index contributed by atoms with van der Waals surface area (Å²) in [7, 11) is 0. The van der Waals surface area contributed by atoms with Crippen LogP contribution < -0.4 is 5.32 Å². The molecule has 1 unspecified atom stereocenters. The van der Waals surface area contributed by atoms with Crippen LogP contribution in [-0.4, -0.2) is 22.1 Å². The van der Waals surface area contributed by atoms with E-state index in [0.29, 0.717) is 5.56 Å². The van der Waals surface area contributed by atoms with Crippen LogP contribution in [0, 0.1) is 5.82 Å². The average Bonchev–Trinajstić information content (AvgIpc) is 3.14. The van der Waals surface area contributed by atoms with Gasteiger partial charge in [-0.25, -0.2) is 4.39 Å². The predicted octanol–water partition coefficient (Wildman–Crippen LogP) is 3.08. The molecule has 1 atom stereocenters. The minimum atomic E-state index is -1.09. The van der Waals surface area contributed by atoms with Gasteiger partial charge in [-0.05, 0) is 42.5 Å². The van der Waals surface area contributed by atoms with Crippen molar-refractivity contribution in [1.82, 2.24) is 9.88 Å².